The molecule has 1 aliphatic carbocycles. The quantitative estimate of drug-likeness (QED) is 0.147. The summed E-state index contributed by atoms with van der Waals surface area (Å²) in [6.45, 7) is 4.74. The Hall–Kier alpha value is -8.26. The second-order valence-corrected chi connectivity index (χ2v) is 18.0. The lowest BCUT2D eigenvalue weighted by atomic mass is 9.82. The number of anilines is 3. The highest BCUT2D eigenvalue weighted by atomic mass is 15.2. The minimum atomic E-state index is -0.138. The fraction of sp³-hybridized carbons (Fsp3) is 0.0462. The van der Waals surface area contributed by atoms with E-state index in [1.54, 1.807) is 0 Å². The predicted octanol–water partition coefficient (Wildman–Crippen LogP) is 18.1. The van der Waals surface area contributed by atoms with Gasteiger partial charge in [-0.1, -0.05) is 244 Å². The summed E-state index contributed by atoms with van der Waals surface area (Å²) < 4.78 is 0. The third-order valence-corrected chi connectivity index (χ3v) is 13.9. The molecule has 1 aliphatic rings. The van der Waals surface area contributed by atoms with Crippen molar-refractivity contribution in [2.24, 2.45) is 0 Å². The van der Waals surface area contributed by atoms with Crippen molar-refractivity contribution in [1.82, 2.24) is 0 Å². The van der Waals surface area contributed by atoms with E-state index in [1.807, 2.05) is 0 Å². The van der Waals surface area contributed by atoms with Crippen LogP contribution in [0.4, 0.5) is 17.1 Å². The second-order valence-electron chi connectivity index (χ2n) is 18.0. The van der Waals surface area contributed by atoms with Crippen LogP contribution in [-0.2, 0) is 5.41 Å². The van der Waals surface area contributed by atoms with Crippen LogP contribution in [0.25, 0.3) is 88.3 Å². The van der Waals surface area contributed by atoms with Crippen molar-refractivity contribution in [3.8, 4) is 66.8 Å². The maximum absolute atomic E-state index is 2.57. The van der Waals surface area contributed by atoms with E-state index in [0.29, 0.717) is 0 Å². The molecule has 0 saturated heterocycles. The number of hydrogen-bond donors (Lipinski definition) is 0. The molecule has 0 unspecified atom stereocenters. The summed E-state index contributed by atoms with van der Waals surface area (Å²) in [5.74, 6) is 0. The summed E-state index contributed by atoms with van der Waals surface area (Å²) in [7, 11) is 0. The van der Waals surface area contributed by atoms with Gasteiger partial charge in [0, 0.05) is 22.1 Å². The first-order chi connectivity index (χ1) is 32.5. The van der Waals surface area contributed by atoms with Crippen LogP contribution in [-0.4, -0.2) is 0 Å². The van der Waals surface area contributed by atoms with Gasteiger partial charge >= 0.3 is 0 Å². The normalized spacial score (nSPS) is 12.5. The number of fused-ring (bicyclic) bond motifs is 5. The molecule has 1 heteroatoms. The molecular weight excluding hydrogens is 795 g/mol. The number of hydrogen-bond acceptors (Lipinski definition) is 1. The standard InChI is InChI=1S/C65H47N/c1-65(2)58-37-14-11-32-57(58)64-56(36-20-38-59(64)65)54-31-13-16-40-61(54)66(60-39-15-12-30-53(60)55-35-19-28-47-27-18-34-52(63(47)55)46-23-7-4-8-24-46)62-43-48(41-42-51(62)45-21-5-3-6-22-45)50-33-17-26-44-25-9-10-29-49(44)50/h3-43H,1-2H3. The van der Waals surface area contributed by atoms with E-state index < -0.39 is 0 Å². The molecule has 0 N–H and O–H groups in total. The van der Waals surface area contributed by atoms with Crippen molar-refractivity contribution in [2.45, 2.75) is 19.3 Å². The van der Waals surface area contributed by atoms with Crippen molar-refractivity contribution in [2.75, 3.05) is 4.90 Å². The molecule has 0 aromatic heterocycles. The van der Waals surface area contributed by atoms with Crippen molar-refractivity contribution in [3.63, 3.8) is 0 Å². The number of benzene rings is 11. The Balaban J connectivity index is 1.19. The molecule has 11 aromatic carbocycles. The zero-order chi connectivity index (χ0) is 44.2. The zero-order valence-corrected chi connectivity index (χ0v) is 37.1. The first-order valence-corrected chi connectivity index (χ1v) is 23.0. The molecule has 0 fully saturated rings. The van der Waals surface area contributed by atoms with Crippen LogP contribution in [0, 0.1) is 0 Å². The summed E-state index contributed by atoms with van der Waals surface area (Å²) >= 11 is 0. The Morgan fingerprint density at radius 2 is 0.773 bits per heavy atom. The molecular formula is C65H47N. The van der Waals surface area contributed by atoms with Gasteiger partial charge in [-0.15, -0.1) is 0 Å². The number of rotatable bonds is 8. The average Bonchev–Trinajstić information content (AvgIpc) is 3.62. The van der Waals surface area contributed by atoms with Gasteiger partial charge in [-0.25, -0.2) is 0 Å². The van der Waals surface area contributed by atoms with Gasteiger partial charge in [0.2, 0.25) is 0 Å². The molecule has 1 nitrogen and oxygen atoms in total. The van der Waals surface area contributed by atoms with E-state index in [1.165, 1.54) is 77.2 Å². The molecule has 0 heterocycles. The number of para-hydroxylation sites is 2. The third-order valence-electron chi connectivity index (χ3n) is 13.9. The second kappa shape index (κ2) is 16.1. The molecule has 0 bridgehead atoms. The lowest BCUT2D eigenvalue weighted by molar-refractivity contribution is 0.660. The Bertz CT molecular complexity index is 3610. The summed E-state index contributed by atoms with van der Waals surface area (Å²) in [6.07, 6.45) is 0. The molecule has 12 rings (SSSR count). The van der Waals surface area contributed by atoms with Gasteiger partial charge in [-0.05, 0) is 101 Å². The first kappa shape index (κ1) is 39.3. The summed E-state index contributed by atoms with van der Waals surface area (Å²) in [5, 5.41) is 4.90. The van der Waals surface area contributed by atoms with Crippen molar-refractivity contribution < 1.29 is 0 Å². The fourth-order valence-corrected chi connectivity index (χ4v) is 10.8. The molecule has 0 spiro atoms. The predicted molar refractivity (Wildman–Crippen MR) is 281 cm³/mol. The van der Waals surface area contributed by atoms with E-state index in [4.69, 9.17) is 0 Å². The van der Waals surface area contributed by atoms with Crippen molar-refractivity contribution in [1.29, 1.82) is 0 Å². The van der Waals surface area contributed by atoms with Crippen molar-refractivity contribution >= 4 is 38.6 Å². The maximum Gasteiger partial charge on any atom is 0.0546 e. The lowest BCUT2D eigenvalue weighted by Gasteiger charge is -2.33. The molecule has 0 atom stereocenters. The minimum Gasteiger partial charge on any atom is -0.309 e. The highest BCUT2D eigenvalue weighted by Crippen LogP contribution is 2.55. The molecule has 0 aliphatic heterocycles. The molecule has 11 aromatic rings. The first-order valence-electron chi connectivity index (χ1n) is 23.0. The van der Waals surface area contributed by atoms with Crippen LogP contribution in [0.15, 0.2) is 249 Å². The van der Waals surface area contributed by atoms with E-state index in [0.717, 1.165) is 39.3 Å². The smallest absolute Gasteiger partial charge is 0.0546 e. The van der Waals surface area contributed by atoms with Gasteiger partial charge < -0.3 is 4.90 Å². The summed E-state index contributed by atoms with van der Waals surface area (Å²) in [6, 6.07) is 91.7. The number of nitrogens with zero attached hydrogens (tertiary/aromatic N) is 1. The molecule has 0 amide bonds. The van der Waals surface area contributed by atoms with Gasteiger partial charge in [0.15, 0.2) is 0 Å². The summed E-state index contributed by atoms with van der Waals surface area (Å²) in [4.78, 5) is 2.57. The van der Waals surface area contributed by atoms with Crippen LogP contribution in [0.1, 0.15) is 25.0 Å². The highest BCUT2D eigenvalue weighted by Gasteiger charge is 2.37. The van der Waals surface area contributed by atoms with Crippen molar-refractivity contribution in [3.05, 3.63) is 260 Å². The lowest BCUT2D eigenvalue weighted by Crippen LogP contribution is -2.15. The maximum atomic E-state index is 2.57. The molecule has 0 radical (unpaired) electrons. The van der Waals surface area contributed by atoms with Crippen LogP contribution in [0.3, 0.4) is 0 Å². The largest absolute Gasteiger partial charge is 0.309 e. The Morgan fingerprint density at radius 1 is 0.288 bits per heavy atom. The van der Waals surface area contributed by atoms with Crippen LogP contribution < -0.4 is 4.90 Å². The summed E-state index contributed by atoms with van der Waals surface area (Å²) in [5.41, 5.74) is 20.3. The Labute approximate surface area is 387 Å². The Morgan fingerprint density at radius 3 is 1.50 bits per heavy atom. The third kappa shape index (κ3) is 6.46. The van der Waals surface area contributed by atoms with Gasteiger partial charge in [-0.3, -0.25) is 0 Å². The van der Waals surface area contributed by atoms with Gasteiger partial charge in [0.05, 0.1) is 17.1 Å². The zero-order valence-electron chi connectivity index (χ0n) is 37.1. The monoisotopic (exact) mass is 841 g/mol. The Kier molecular flexibility index (Phi) is 9.58. The van der Waals surface area contributed by atoms with E-state index in [-0.39, 0.29) is 5.41 Å². The van der Waals surface area contributed by atoms with E-state index in [9.17, 15) is 0 Å². The highest BCUT2D eigenvalue weighted by molar-refractivity contribution is 6.10. The molecule has 66 heavy (non-hydrogen) atoms. The minimum absolute atomic E-state index is 0.138. The van der Waals surface area contributed by atoms with E-state index >= 15 is 0 Å². The SMILES string of the molecule is CC1(C)c2ccccc2-c2c(-c3ccccc3N(c3cc(-c4cccc5ccccc45)ccc3-c3ccccc3)c3ccccc3-c3cccc4cccc(-c5ccccc5)c34)cccc21. The van der Waals surface area contributed by atoms with Gasteiger partial charge in [-0.2, -0.15) is 0 Å². The molecule has 0 saturated carbocycles. The van der Waals surface area contributed by atoms with Crippen LogP contribution in [0.5, 0.6) is 0 Å². The van der Waals surface area contributed by atoms with Gasteiger partial charge in [0.25, 0.3) is 0 Å². The van der Waals surface area contributed by atoms with E-state index in [2.05, 4.69) is 267 Å². The van der Waals surface area contributed by atoms with Gasteiger partial charge in [0.1, 0.15) is 0 Å². The van der Waals surface area contributed by atoms with Crippen LogP contribution >= 0.6 is 0 Å². The van der Waals surface area contributed by atoms with Crippen LogP contribution in [0.2, 0.25) is 0 Å². The topological polar surface area (TPSA) is 3.24 Å². The average molecular weight is 842 g/mol. The fourth-order valence-electron chi connectivity index (χ4n) is 10.8. The molecule has 312 valence electrons.